The number of carbonyl (C=O) groups is 4. The largest absolute Gasteiger partial charge is 0.514 e. The van der Waals surface area contributed by atoms with Gasteiger partial charge in [0.15, 0.2) is 11.5 Å². The predicted octanol–water partition coefficient (Wildman–Crippen LogP) is 5.07. The van der Waals surface area contributed by atoms with Gasteiger partial charge in [-0.3, -0.25) is 4.79 Å². The van der Waals surface area contributed by atoms with E-state index in [1.54, 1.807) is 40.7 Å². The zero-order valence-electron chi connectivity index (χ0n) is 24.0. The Balaban J connectivity index is 3.01. The van der Waals surface area contributed by atoms with Crippen LogP contribution in [0.5, 0.6) is 11.5 Å². The lowest BCUT2D eigenvalue weighted by Gasteiger charge is -2.24. The van der Waals surface area contributed by atoms with Crippen LogP contribution in [0.2, 0.25) is 0 Å². The Labute approximate surface area is 229 Å². The first-order valence-electron chi connectivity index (χ1n) is 12.8. The van der Waals surface area contributed by atoms with Crippen LogP contribution >= 0.6 is 0 Å². The van der Waals surface area contributed by atoms with Gasteiger partial charge >= 0.3 is 24.4 Å². The summed E-state index contributed by atoms with van der Waals surface area (Å²) >= 11 is 0. The Morgan fingerprint density at radius 3 is 1.87 bits per heavy atom. The Morgan fingerprint density at radius 2 is 1.36 bits per heavy atom. The number of rotatable bonds is 13. The Hall–Kier alpha value is -3.54. The highest BCUT2D eigenvalue weighted by Crippen LogP contribution is 2.31. The lowest BCUT2D eigenvalue weighted by Crippen LogP contribution is -2.37. The number of esters is 1. The Kier molecular flexibility index (Phi) is 13.0. The molecule has 0 saturated heterocycles. The molecule has 0 radical (unpaired) electrons. The first-order valence-corrected chi connectivity index (χ1v) is 12.8. The van der Waals surface area contributed by atoms with Gasteiger partial charge in [0.2, 0.25) is 0 Å². The van der Waals surface area contributed by atoms with Crippen LogP contribution in [0.1, 0.15) is 73.8 Å². The van der Waals surface area contributed by atoms with Gasteiger partial charge in [-0.2, -0.15) is 0 Å². The van der Waals surface area contributed by atoms with E-state index in [2.05, 4.69) is 4.74 Å². The van der Waals surface area contributed by atoms with Gasteiger partial charge in [-0.25, -0.2) is 14.4 Å². The van der Waals surface area contributed by atoms with Crippen molar-refractivity contribution in [3.05, 3.63) is 23.8 Å². The van der Waals surface area contributed by atoms with E-state index in [0.29, 0.717) is 18.4 Å². The minimum absolute atomic E-state index is 0.0102. The molecule has 0 unspecified atom stereocenters. The van der Waals surface area contributed by atoms with E-state index in [0.717, 1.165) is 0 Å². The summed E-state index contributed by atoms with van der Waals surface area (Å²) in [6, 6.07) is 3.23. The topological polar surface area (TPSA) is 159 Å². The maximum Gasteiger partial charge on any atom is 0.514 e. The molecule has 220 valence electrons. The van der Waals surface area contributed by atoms with Crippen molar-refractivity contribution < 1.29 is 52.3 Å². The minimum atomic E-state index is -1.10. The van der Waals surface area contributed by atoms with Gasteiger partial charge in [0.1, 0.15) is 30.0 Å². The molecule has 0 spiro atoms. The van der Waals surface area contributed by atoms with Crippen molar-refractivity contribution in [2.45, 2.75) is 98.0 Å². The molecule has 12 nitrogen and oxygen atoms in total. The van der Waals surface area contributed by atoms with E-state index in [-0.39, 0.29) is 31.1 Å². The smallest absolute Gasteiger partial charge is 0.458 e. The lowest BCUT2D eigenvalue weighted by atomic mass is 10.1. The number of benzene rings is 1. The van der Waals surface area contributed by atoms with Gasteiger partial charge in [-0.1, -0.05) is 19.9 Å². The zero-order valence-corrected chi connectivity index (χ0v) is 24.0. The van der Waals surface area contributed by atoms with Crippen LogP contribution in [0.25, 0.3) is 0 Å². The molecule has 0 heterocycles. The molecular formula is C27H41NO11. The van der Waals surface area contributed by atoms with E-state index < -0.39 is 47.8 Å². The number of nitrogens with two attached hydrogens (primary N) is 1. The molecule has 39 heavy (non-hydrogen) atoms. The van der Waals surface area contributed by atoms with Crippen LogP contribution in [-0.4, -0.2) is 61.0 Å². The van der Waals surface area contributed by atoms with Gasteiger partial charge in [0.25, 0.3) is 0 Å². The fourth-order valence-electron chi connectivity index (χ4n) is 2.66. The molecule has 2 atom stereocenters. The highest BCUT2D eigenvalue weighted by atomic mass is 16.8. The maximum absolute atomic E-state index is 12.5. The van der Waals surface area contributed by atoms with Gasteiger partial charge < -0.3 is 38.9 Å². The standard InChI is InChI=1S/C27H41NO11/c1-9-26(5,6)38-24(31)36-20-13-12-18(15-21(20)37-25(32)39-27(7,8)10-2)14-19(28)22(29)35-17(4)16-34-23(30)33-11-3/h12-13,15,17,19H,9-11,14,16,28H2,1-8H3/t17-,19-/m0/s1. The number of ether oxygens (including phenoxy) is 7. The molecule has 2 N–H and O–H groups in total. The van der Waals surface area contributed by atoms with Crippen molar-refractivity contribution in [2.75, 3.05) is 13.2 Å². The van der Waals surface area contributed by atoms with Gasteiger partial charge in [0, 0.05) is 0 Å². The summed E-state index contributed by atoms with van der Waals surface area (Å²) in [6.07, 6.45) is -2.57. The van der Waals surface area contributed by atoms with E-state index in [1.807, 2.05) is 13.8 Å². The normalized spacial score (nSPS) is 12.9. The highest BCUT2D eigenvalue weighted by Gasteiger charge is 2.27. The van der Waals surface area contributed by atoms with Crippen LogP contribution < -0.4 is 15.2 Å². The molecule has 0 aromatic heterocycles. The highest BCUT2D eigenvalue weighted by molar-refractivity contribution is 5.76. The summed E-state index contributed by atoms with van der Waals surface area (Å²) in [6.45, 7) is 13.7. The molecular weight excluding hydrogens is 514 g/mol. The molecule has 1 aromatic carbocycles. The average molecular weight is 556 g/mol. The third-order valence-corrected chi connectivity index (χ3v) is 5.59. The van der Waals surface area contributed by atoms with Crippen LogP contribution in [0.15, 0.2) is 18.2 Å². The van der Waals surface area contributed by atoms with Crippen LogP contribution in [-0.2, 0) is 34.9 Å². The van der Waals surface area contributed by atoms with Crippen molar-refractivity contribution in [1.82, 2.24) is 0 Å². The summed E-state index contributed by atoms with van der Waals surface area (Å²) in [4.78, 5) is 48.5. The number of carbonyl (C=O) groups excluding carboxylic acids is 4. The van der Waals surface area contributed by atoms with E-state index in [9.17, 15) is 19.2 Å². The summed E-state index contributed by atoms with van der Waals surface area (Å²) in [7, 11) is 0. The second kappa shape index (κ2) is 15.2. The van der Waals surface area contributed by atoms with Crippen LogP contribution in [0.4, 0.5) is 14.4 Å². The summed E-state index contributed by atoms with van der Waals surface area (Å²) < 4.78 is 36.0. The monoisotopic (exact) mass is 555 g/mol. The first kappa shape index (κ1) is 33.5. The number of hydrogen-bond donors (Lipinski definition) is 1. The number of hydrogen-bond acceptors (Lipinski definition) is 12. The van der Waals surface area contributed by atoms with Crippen molar-refractivity contribution in [3.63, 3.8) is 0 Å². The fraction of sp³-hybridized carbons (Fsp3) is 0.630. The van der Waals surface area contributed by atoms with E-state index in [1.165, 1.54) is 19.1 Å². The predicted molar refractivity (Wildman–Crippen MR) is 140 cm³/mol. The molecule has 0 bridgehead atoms. The first-order chi connectivity index (χ1) is 18.1. The van der Waals surface area contributed by atoms with Crippen molar-refractivity contribution in [1.29, 1.82) is 0 Å². The minimum Gasteiger partial charge on any atom is -0.458 e. The van der Waals surface area contributed by atoms with E-state index >= 15 is 0 Å². The maximum atomic E-state index is 12.5. The Bertz CT molecular complexity index is 990. The average Bonchev–Trinajstić information content (AvgIpc) is 2.83. The van der Waals surface area contributed by atoms with Crippen molar-refractivity contribution in [3.8, 4) is 11.5 Å². The summed E-state index contributed by atoms with van der Waals surface area (Å²) in [5.41, 5.74) is 4.92. The molecule has 1 rings (SSSR count). The van der Waals surface area contributed by atoms with Crippen molar-refractivity contribution >= 4 is 24.4 Å². The van der Waals surface area contributed by atoms with Gasteiger partial charge in [-0.15, -0.1) is 0 Å². The second-order valence-corrected chi connectivity index (χ2v) is 9.97. The fourth-order valence-corrected chi connectivity index (χ4v) is 2.66. The van der Waals surface area contributed by atoms with E-state index in [4.69, 9.17) is 34.2 Å². The Morgan fingerprint density at radius 1 is 0.821 bits per heavy atom. The van der Waals surface area contributed by atoms with Crippen molar-refractivity contribution in [2.24, 2.45) is 5.73 Å². The third kappa shape index (κ3) is 12.7. The summed E-state index contributed by atoms with van der Waals surface area (Å²) in [5.74, 6) is -0.970. The molecule has 0 aliphatic rings. The molecule has 0 aliphatic carbocycles. The second-order valence-electron chi connectivity index (χ2n) is 9.97. The molecule has 0 fully saturated rings. The van der Waals surface area contributed by atoms with Crippen LogP contribution in [0.3, 0.4) is 0 Å². The SMILES string of the molecule is CCOC(=O)OC[C@H](C)OC(=O)[C@@H](N)Cc1ccc(OC(=O)OC(C)(C)CC)c(OC(=O)OC(C)(C)CC)c1. The molecule has 0 aliphatic heterocycles. The molecule has 0 amide bonds. The third-order valence-electron chi connectivity index (χ3n) is 5.59. The van der Waals surface area contributed by atoms with Crippen LogP contribution in [0, 0.1) is 0 Å². The quantitative estimate of drug-likeness (QED) is 0.196. The lowest BCUT2D eigenvalue weighted by molar-refractivity contribution is -0.152. The molecule has 12 heteroatoms. The zero-order chi connectivity index (χ0) is 29.8. The molecule has 0 saturated carbocycles. The van der Waals surface area contributed by atoms with Gasteiger partial charge in [-0.05, 0) is 78.5 Å². The van der Waals surface area contributed by atoms with Gasteiger partial charge in [0.05, 0.1) is 6.61 Å². The summed E-state index contributed by atoms with van der Waals surface area (Å²) in [5, 5.41) is 0. The molecule has 1 aromatic rings.